The van der Waals surface area contributed by atoms with Gasteiger partial charge >= 0.3 is 0 Å². The number of aromatic amines is 1. The van der Waals surface area contributed by atoms with Crippen molar-refractivity contribution in [3.05, 3.63) is 17.5 Å². The number of nitrogens with one attached hydrogen (secondary N) is 1. The van der Waals surface area contributed by atoms with E-state index in [1.807, 2.05) is 19.9 Å². The SMILES string of the molecule is CC(C)C(=O)Cc1cc(C2CC2)n[nH]1. The minimum Gasteiger partial charge on any atom is -0.299 e. The van der Waals surface area contributed by atoms with E-state index in [0.29, 0.717) is 12.3 Å². The Morgan fingerprint density at radius 1 is 1.64 bits per heavy atom. The minimum atomic E-state index is 0.114. The lowest BCUT2D eigenvalue weighted by atomic mass is 10.0. The third-order valence-corrected chi connectivity index (χ3v) is 2.65. The number of carbonyl (C=O) groups is 1. The monoisotopic (exact) mass is 192 g/mol. The molecule has 2 rings (SSSR count). The van der Waals surface area contributed by atoms with Crippen molar-refractivity contribution in [2.75, 3.05) is 0 Å². The Morgan fingerprint density at radius 3 is 2.93 bits per heavy atom. The summed E-state index contributed by atoms with van der Waals surface area (Å²) in [4.78, 5) is 11.5. The molecule has 1 N–H and O–H groups in total. The summed E-state index contributed by atoms with van der Waals surface area (Å²) in [5, 5.41) is 7.16. The van der Waals surface area contributed by atoms with Crippen LogP contribution in [0.4, 0.5) is 0 Å². The summed E-state index contributed by atoms with van der Waals surface area (Å²) < 4.78 is 0. The van der Waals surface area contributed by atoms with E-state index in [1.54, 1.807) is 0 Å². The molecular formula is C11H16N2O. The molecule has 0 amide bonds. The second kappa shape index (κ2) is 3.56. The Kier molecular flexibility index (Phi) is 2.40. The third kappa shape index (κ3) is 2.03. The van der Waals surface area contributed by atoms with Crippen LogP contribution < -0.4 is 0 Å². The van der Waals surface area contributed by atoms with Gasteiger partial charge in [0.15, 0.2) is 0 Å². The number of rotatable bonds is 4. The van der Waals surface area contributed by atoms with Gasteiger partial charge in [-0.25, -0.2) is 0 Å². The van der Waals surface area contributed by atoms with E-state index in [9.17, 15) is 4.79 Å². The van der Waals surface area contributed by atoms with Gasteiger partial charge in [-0.05, 0) is 18.9 Å². The van der Waals surface area contributed by atoms with Crippen LogP contribution in [0.15, 0.2) is 6.07 Å². The maximum Gasteiger partial charge on any atom is 0.141 e. The van der Waals surface area contributed by atoms with Crippen molar-refractivity contribution in [2.45, 2.75) is 39.0 Å². The number of carbonyl (C=O) groups excluding carboxylic acids is 1. The summed E-state index contributed by atoms with van der Waals surface area (Å²) in [5.41, 5.74) is 2.10. The highest BCUT2D eigenvalue weighted by Crippen LogP contribution is 2.39. The van der Waals surface area contributed by atoms with Gasteiger partial charge in [0.05, 0.1) is 5.69 Å². The van der Waals surface area contributed by atoms with Crippen molar-refractivity contribution in [3.63, 3.8) is 0 Å². The van der Waals surface area contributed by atoms with Crippen molar-refractivity contribution in [1.29, 1.82) is 0 Å². The summed E-state index contributed by atoms with van der Waals surface area (Å²) >= 11 is 0. The van der Waals surface area contributed by atoms with Gasteiger partial charge < -0.3 is 0 Å². The summed E-state index contributed by atoms with van der Waals surface area (Å²) in [6.45, 7) is 3.86. The zero-order chi connectivity index (χ0) is 10.1. The van der Waals surface area contributed by atoms with Crippen LogP contribution in [0.3, 0.4) is 0 Å². The summed E-state index contributed by atoms with van der Waals surface area (Å²) in [5.74, 6) is 1.05. The van der Waals surface area contributed by atoms with E-state index in [4.69, 9.17) is 0 Å². The normalized spacial score (nSPS) is 16.2. The summed E-state index contributed by atoms with van der Waals surface area (Å²) in [6, 6.07) is 2.04. The first-order chi connectivity index (χ1) is 6.66. The third-order valence-electron chi connectivity index (χ3n) is 2.65. The lowest BCUT2D eigenvalue weighted by molar-refractivity contribution is -0.121. The van der Waals surface area contributed by atoms with Gasteiger partial charge in [0.2, 0.25) is 0 Å². The maximum absolute atomic E-state index is 11.5. The molecule has 1 aromatic heterocycles. The molecule has 1 aromatic rings. The van der Waals surface area contributed by atoms with Crippen LogP contribution in [0.1, 0.15) is 44.0 Å². The average Bonchev–Trinajstić information content (AvgIpc) is 2.88. The highest BCUT2D eigenvalue weighted by molar-refractivity contribution is 5.82. The maximum atomic E-state index is 11.5. The fourth-order valence-corrected chi connectivity index (χ4v) is 1.45. The second-order valence-electron chi connectivity index (χ2n) is 4.39. The van der Waals surface area contributed by atoms with Crippen LogP contribution in [0.2, 0.25) is 0 Å². The Labute approximate surface area is 83.9 Å². The Bertz CT molecular complexity index is 337. The van der Waals surface area contributed by atoms with Crippen molar-refractivity contribution >= 4 is 5.78 Å². The van der Waals surface area contributed by atoms with Crippen LogP contribution in [-0.2, 0) is 11.2 Å². The fraction of sp³-hybridized carbons (Fsp3) is 0.636. The second-order valence-corrected chi connectivity index (χ2v) is 4.39. The Morgan fingerprint density at radius 2 is 2.36 bits per heavy atom. The number of nitrogens with zero attached hydrogens (tertiary/aromatic N) is 1. The number of ketones is 1. The molecule has 0 saturated heterocycles. The lowest BCUT2D eigenvalue weighted by Gasteiger charge is -2.00. The fourth-order valence-electron chi connectivity index (χ4n) is 1.45. The van der Waals surface area contributed by atoms with Crippen molar-refractivity contribution in [2.24, 2.45) is 5.92 Å². The zero-order valence-corrected chi connectivity index (χ0v) is 8.71. The molecule has 1 aliphatic rings. The summed E-state index contributed by atoms with van der Waals surface area (Å²) in [6.07, 6.45) is 3.00. The molecular weight excluding hydrogens is 176 g/mol. The number of Topliss-reactive ketones (excluding diaryl/α,β-unsaturated/α-hetero) is 1. The van der Waals surface area contributed by atoms with E-state index in [-0.39, 0.29) is 11.7 Å². The molecule has 14 heavy (non-hydrogen) atoms. The molecule has 3 nitrogen and oxygen atoms in total. The van der Waals surface area contributed by atoms with Crippen LogP contribution in [-0.4, -0.2) is 16.0 Å². The first-order valence-corrected chi connectivity index (χ1v) is 5.23. The quantitative estimate of drug-likeness (QED) is 0.793. The van der Waals surface area contributed by atoms with Crippen LogP contribution in [0, 0.1) is 5.92 Å². The van der Waals surface area contributed by atoms with E-state index in [0.717, 1.165) is 11.4 Å². The molecule has 1 saturated carbocycles. The molecule has 3 heteroatoms. The van der Waals surface area contributed by atoms with Gasteiger partial charge in [0.25, 0.3) is 0 Å². The Balaban J connectivity index is 1.99. The van der Waals surface area contributed by atoms with Gasteiger partial charge in [-0.1, -0.05) is 13.8 Å². The molecule has 0 aliphatic heterocycles. The molecule has 0 bridgehead atoms. The van der Waals surface area contributed by atoms with Gasteiger partial charge in [-0.2, -0.15) is 5.10 Å². The van der Waals surface area contributed by atoms with Gasteiger partial charge in [0, 0.05) is 24.0 Å². The highest BCUT2D eigenvalue weighted by atomic mass is 16.1. The number of aromatic nitrogens is 2. The molecule has 1 aliphatic carbocycles. The molecule has 76 valence electrons. The molecule has 1 fully saturated rings. The van der Waals surface area contributed by atoms with Crippen LogP contribution >= 0.6 is 0 Å². The van der Waals surface area contributed by atoms with E-state index < -0.39 is 0 Å². The first kappa shape index (κ1) is 9.44. The smallest absolute Gasteiger partial charge is 0.141 e. The van der Waals surface area contributed by atoms with Crippen molar-refractivity contribution in [3.8, 4) is 0 Å². The number of hydrogen-bond acceptors (Lipinski definition) is 2. The van der Waals surface area contributed by atoms with Crippen molar-refractivity contribution < 1.29 is 4.79 Å². The van der Waals surface area contributed by atoms with Crippen LogP contribution in [0.25, 0.3) is 0 Å². The topological polar surface area (TPSA) is 45.8 Å². The van der Waals surface area contributed by atoms with E-state index in [2.05, 4.69) is 10.2 Å². The largest absolute Gasteiger partial charge is 0.299 e. The molecule has 0 radical (unpaired) electrons. The standard InChI is InChI=1S/C11H16N2O/c1-7(2)11(14)6-9-5-10(13-12-9)8-3-4-8/h5,7-8H,3-4,6H2,1-2H3,(H,12,13). The number of hydrogen-bond donors (Lipinski definition) is 1. The van der Waals surface area contributed by atoms with E-state index in [1.165, 1.54) is 12.8 Å². The lowest BCUT2D eigenvalue weighted by Crippen LogP contribution is -2.10. The predicted molar refractivity (Wildman–Crippen MR) is 54.1 cm³/mol. The molecule has 0 atom stereocenters. The molecule has 0 unspecified atom stereocenters. The predicted octanol–water partition coefficient (Wildman–Crippen LogP) is 2.05. The van der Waals surface area contributed by atoms with Gasteiger partial charge in [-0.15, -0.1) is 0 Å². The van der Waals surface area contributed by atoms with Gasteiger partial charge in [-0.3, -0.25) is 9.89 Å². The summed E-state index contributed by atoms with van der Waals surface area (Å²) in [7, 11) is 0. The zero-order valence-electron chi connectivity index (χ0n) is 8.71. The first-order valence-electron chi connectivity index (χ1n) is 5.23. The van der Waals surface area contributed by atoms with E-state index >= 15 is 0 Å². The van der Waals surface area contributed by atoms with Crippen LogP contribution in [0.5, 0.6) is 0 Å². The van der Waals surface area contributed by atoms with Crippen molar-refractivity contribution in [1.82, 2.24) is 10.2 Å². The minimum absolute atomic E-state index is 0.114. The average molecular weight is 192 g/mol. The molecule has 0 spiro atoms. The number of H-pyrrole nitrogens is 1. The Hall–Kier alpha value is -1.12. The molecule has 1 heterocycles. The highest BCUT2D eigenvalue weighted by Gasteiger charge is 2.26. The van der Waals surface area contributed by atoms with Gasteiger partial charge in [0.1, 0.15) is 5.78 Å². The molecule has 0 aromatic carbocycles.